The minimum Gasteiger partial charge on any atom is -0.458 e. The van der Waals surface area contributed by atoms with E-state index in [2.05, 4.69) is 5.32 Å². The first-order chi connectivity index (χ1) is 7.67. The molecule has 1 unspecified atom stereocenters. The highest BCUT2D eigenvalue weighted by molar-refractivity contribution is 7.98. The van der Waals surface area contributed by atoms with E-state index >= 15 is 0 Å². The predicted molar refractivity (Wildman–Crippen MR) is 67.8 cm³/mol. The minimum atomic E-state index is -1.10. The molecule has 0 fully saturated rings. The lowest BCUT2D eigenvalue weighted by Crippen LogP contribution is -2.46. The number of rotatable bonds is 5. The molecule has 5 nitrogen and oxygen atoms in total. The smallest absolute Gasteiger partial charge is 0.328 e. The average molecular weight is 263 g/mol. The maximum atomic E-state index is 11.6. The fraction of sp³-hybridized carbons (Fsp3) is 0.818. The Morgan fingerprint density at radius 1 is 1.41 bits per heavy atom. The first kappa shape index (κ1) is 16.2. The van der Waals surface area contributed by atoms with E-state index in [1.807, 2.05) is 0 Å². The highest BCUT2D eigenvalue weighted by Gasteiger charge is 2.25. The fourth-order valence-electron chi connectivity index (χ4n) is 0.992. The third kappa shape index (κ3) is 7.23. The molecular formula is C11H21NO4S. The van der Waals surface area contributed by atoms with Crippen LogP contribution in [0, 0.1) is 0 Å². The van der Waals surface area contributed by atoms with Crippen LogP contribution in [0.1, 0.15) is 27.7 Å². The zero-order chi connectivity index (χ0) is 13.6. The quantitative estimate of drug-likeness (QED) is 0.709. The van der Waals surface area contributed by atoms with Crippen molar-refractivity contribution >= 4 is 23.6 Å². The number of thioether (sulfide) groups is 1. The van der Waals surface area contributed by atoms with Gasteiger partial charge < -0.3 is 15.2 Å². The molecule has 17 heavy (non-hydrogen) atoms. The van der Waals surface area contributed by atoms with Gasteiger partial charge in [-0.1, -0.05) is 0 Å². The molecule has 0 aromatic heterocycles. The number of hydrogen-bond acceptors (Lipinski definition) is 5. The number of nitrogens with one attached hydrogen (secondary N) is 1. The van der Waals surface area contributed by atoms with E-state index in [1.54, 1.807) is 27.0 Å². The summed E-state index contributed by atoms with van der Waals surface area (Å²) in [6.07, 6.45) is 0.684. The molecule has 2 atom stereocenters. The summed E-state index contributed by atoms with van der Waals surface area (Å²) in [5, 5.41) is 11.8. The van der Waals surface area contributed by atoms with Crippen molar-refractivity contribution < 1.29 is 19.4 Å². The molecular weight excluding hydrogens is 242 g/mol. The zero-order valence-electron chi connectivity index (χ0n) is 10.9. The molecule has 0 bridgehead atoms. The van der Waals surface area contributed by atoms with E-state index in [9.17, 15) is 14.7 Å². The molecule has 6 heteroatoms. The Balaban J connectivity index is 4.21. The predicted octanol–water partition coefficient (Wildman–Crippen LogP) is 0.557. The van der Waals surface area contributed by atoms with Crippen molar-refractivity contribution in [3.63, 3.8) is 0 Å². The Labute approximate surface area is 106 Å². The van der Waals surface area contributed by atoms with E-state index in [0.717, 1.165) is 0 Å². The largest absolute Gasteiger partial charge is 0.458 e. The van der Waals surface area contributed by atoms with Crippen molar-refractivity contribution in [1.29, 1.82) is 0 Å². The van der Waals surface area contributed by atoms with Crippen LogP contribution in [-0.2, 0) is 14.3 Å². The van der Waals surface area contributed by atoms with E-state index in [4.69, 9.17) is 4.74 Å². The third-order valence-electron chi connectivity index (χ3n) is 1.75. The van der Waals surface area contributed by atoms with Crippen LogP contribution < -0.4 is 5.32 Å². The monoisotopic (exact) mass is 263 g/mol. The van der Waals surface area contributed by atoms with Crippen LogP contribution in [-0.4, -0.2) is 46.7 Å². The summed E-state index contributed by atoms with van der Waals surface area (Å²) in [6, 6.07) is -0.766. The molecule has 1 amide bonds. The van der Waals surface area contributed by atoms with Crippen LogP contribution in [0.5, 0.6) is 0 Å². The summed E-state index contributed by atoms with van der Waals surface area (Å²) in [4.78, 5) is 23.0. The van der Waals surface area contributed by atoms with E-state index in [0.29, 0.717) is 5.75 Å². The lowest BCUT2D eigenvalue weighted by Gasteiger charge is -2.23. The third-order valence-corrected chi connectivity index (χ3v) is 2.40. The molecule has 2 N–H and O–H groups in total. The fourth-order valence-corrected chi connectivity index (χ4v) is 1.46. The van der Waals surface area contributed by atoms with Crippen molar-refractivity contribution in [2.45, 2.75) is 45.4 Å². The number of amides is 1. The van der Waals surface area contributed by atoms with Crippen molar-refractivity contribution in [3.05, 3.63) is 0 Å². The Morgan fingerprint density at radius 3 is 2.35 bits per heavy atom. The zero-order valence-corrected chi connectivity index (χ0v) is 11.8. The van der Waals surface area contributed by atoms with Crippen LogP contribution in [0.3, 0.4) is 0 Å². The van der Waals surface area contributed by atoms with Gasteiger partial charge in [0, 0.05) is 5.75 Å². The number of aliphatic hydroxyl groups is 1. The Hall–Kier alpha value is -0.750. The highest BCUT2D eigenvalue weighted by Crippen LogP contribution is 2.08. The van der Waals surface area contributed by atoms with Gasteiger partial charge in [0.2, 0.25) is 5.91 Å². The molecule has 0 aromatic rings. The number of hydrogen-bond donors (Lipinski definition) is 2. The molecule has 0 aliphatic heterocycles. The van der Waals surface area contributed by atoms with Crippen LogP contribution in [0.15, 0.2) is 0 Å². The molecule has 0 aliphatic rings. The second kappa shape index (κ2) is 6.86. The molecule has 0 heterocycles. The number of ether oxygens (including phenoxy) is 1. The molecule has 0 saturated carbocycles. The van der Waals surface area contributed by atoms with Gasteiger partial charge in [-0.15, -0.1) is 0 Å². The van der Waals surface area contributed by atoms with Gasteiger partial charge in [0.1, 0.15) is 17.7 Å². The van der Waals surface area contributed by atoms with Crippen molar-refractivity contribution in [2.75, 3.05) is 12.0 Å². The Bertz CT molecular complexity index is 275. The molecule has 0 rings (SSSR count). The average Bonchev–Trinajstić information content (AvgIpc) is 2.15. The van der Waals surface area contributed by atoms with Gasteiger partial charge in [0.25, 0.3) is 0 Å². The van der Waals surface area contributed by atoms with Gasteiger partial charge in [-0.2, -0.15) is 11.8 Å². The summed E-state index contributed by atoms with van der Waals surface area (Å²) < 4.78 is 5.10. The second-order valence-corrected chi connectivity index (χ2v) is 5.65. The van der Waals surface area contributed by atoms with Crippen LogP contribution in [0.25, 0.3) is 0 Å². The van der Waals surface area contributed by atoms with Gasteiger partial charge in [0.05, 0.1) is 0 Å². The van der Waals surface area contributed by atoms with Crippen molar-refractivity contribution in [3.8, 4) is 0 Å². The summed E-state index contributed by atoms with van der Waals surface area (Å²) in [5.74, 6) is -0.771. The molecule has 0 aliphatic carbocycles. The number of aliphatic hydroxyl groups excluding tert-OH is 1. The number of carbonyl (C=O) groups is 2. The maximum absolute atomic E-state index is 11.6. The summed E-state index contributed by atoms with van der Waals surface area (Å²) in [5.41, 5.74) is -0.589. The van der Waals surface area contributed by atoms with Gasteiger partial charge in [-0.25, -0.2) is 4.79 Å². The summed E-state index contributed by atoms with van der Waals surface area (Å²) >= 11 is 1.36. The second-order valence-electron chi connectivity index (χ2n) is 4.73. The van der Waals surface area contributed by atoms with E-state index in [-0.39, 0.29) is 0 Å². The lowest BCUT2D eigenvalue weighted by atomic mass is 10.2. The standard InChI is InChI=1S/C11H21NO4S/c1-7(10(15)16-11(2,3)4)12-9(14)8(13)6-17-5/h7-8,13H,6H2,1-5H3,(H,12,14)/t7-,8?/m0/s1. The summed E-state index contributed by atoms with van der Waals surface area (Å²) in [6.45, 7) is 6.78. The van der Waals surface area contributed by atoms with Crippen LogP contribution in [0.4, 0.5) is 0 Å². The molecule has 0 saturated heterocycles. The van der Waals surface area contributed by atoms with Gasteiger partial charge in [-0.3, -0.25) is 4.79 Å². The first-order valence-corrected chi connectivity index (χ1v) is 6.77. The Morgan fingerprint density at radius 2 is 1.94 bits per heavy atom. The number of esters is 1. The maximum Gasteiger partial charge on any atom is 0.328 e. The normalized spacial score (nSPS) is 14.9. The molecule has 0 radical (unpaired) electrons. The van der Waals surface area contributed by atoms with Gasteiger partial charge in [-0.05, 0) is 34.0 Å². The molecule has 0 spiro atoms. The first-order valence-electron chi connectivity index (χ1n) is 5.37. The van der Waals surface area contributed by atoms with Gasteiger partial charge in [0.15, 0.2) is 0 Å². The van der Waals surface area contributed by atoms with Crippen LogP contribution in [0.2, 0.25) is 0 Å². The number of carbonyl (C=O) groups excluding carboxylic acids is 2. The van der Waals surface area contributed by atoms with Gasteiger partial charge >= 0.3 is 5.97 Å². The van der Waals surface area contributed by atoms with Crippen molar-refractivity contribution in [1.82, 2.24) is 5.32 Å². The summed E-state index contributed by atoms with van der Waals surface area (Å²) in [7, 11) is 0. The topological polar surface area (TPSA) is 75.6 Å². The lowest BCUT2D eigenvalue weighted by molar-refractivity contribution is -0.158. The van der Waals surface area contributed by atoms with E-state index in [1.165, 1.54) is 18.7 Å². The van der Waals surface area contributed by atoms with E-state index < -0.39 is 29.6 Å². The van der Waals surface area contributed by atoms with Crippen LogP contribution >= 0.6 is 11.8 Å². The Kier molecular flexibility index (Phi) is 6.56. The SMILES string of the molecule is CSCC(O)C(=O)N[C@@H](C)C(=O)OC(C)(C)C. The molecule has 100 valence electrons. The molecule has 0 aromatic carbocycles. The minimum absolute atomic E-state index is 0.298. The van der Waals surface area contributed by atoms with Crippen molar-refractivity contribution in [2.24, 2.45) is 0 Å². The highest BCUT2D eigenvalue weighted by atomic mass is 32.2.